The van der Waals surface area contributed by atoms with Crippen molar-refractivity contribution < 1.29 is 17.9 Å². The highest BCUT2D eigenvalue weighted by molar-refractivity contribution is 7.89. The van der Waals surface area contributed by atoms with Gasteiger partial charge in [0, 0.05) is 18.3 Å². The fourth-order valence-corrected chi connectivity index (χ4v) is 3.36. The van der Waals surface area contributed by atoms with Gasteiger partial charge < -0.3 is 9.47 Å². The molecule has 0 radical (unpaired) electrons. The molecular weight excluding hydrogens is 316 g/mol. The third-order valence-electron chi connectivity index (χ3n) is 3.26. The van der Waals surface area contributed by atoms with Gasteiger partial charge in [0.25, 0.3) is 0 Å². The van der Waals surface area contributed by atoms with Crippen LogP contribution in [-0.4, -0.2) is 27.1 Å². The Labute approximate surface area is 136 Å². The number of ether oxygens (including phenoxy) is 2. The van der Waals surface area contributed by atoms with E-state index in [1.54, 1.807) is 44.5 Å². The first kappa shape index (κ1) is 17.2. The SMILES string of the molecule is CCOc1ncccc1CNS(=O)(=O)c1ccc(OC)cc1C. The lowest BCUT2D eigenvalue weighted by atomic mass is 10.2. The largest absolute Gasteiger partial charge is 0.497 e. The number of rotatable bonds is 7. The molecule has 0 atom stereocenters. The van der Waals surface area contributed by atoms with Crippen LogP contribution in [-0.2, 0) is 16.6 Å². The van der Waals surface area contributed by atoms with Gasteiger partial charge >= 0.3 is 0 Å². The molecule has 0 unspecified atom stereocenters. The van der Waals surface area contributed by atoms with E-state index in [-0.39, 0.29) is 11.4 Å². The van der Waals surface area contributed by atoms with Crippen LogP contribution in [0.1, 0.15) is 18.1 Å². The van der Waals surface area contributed by atoms with Crippen LogP contribution in [0.5, 0.6) is 11.6 Å². The lowest BCUT2D eigenvalue weighted by molar-refractivity contribution is 0.322. The fraction of sp³-hybridized carbons (Fsp3) is 0.312. The standard InChI is InChI=1S/C16H20N2O4S/c1-4-22-16-13(6-5-9-17-16)11-18-23(19,20)15-8-7-14(21-3)10-12(15)2/h5-10,18H,4,11H2,1-3H3. The number of hydrogen-bond donors (Lipinski definition) is 1. The van der Waals surface area contributed by atoms with E-state index in [1.807, 2.05) is 6.92 Å². The van der Waals surface area contributed by atoms with Crippen LogP contribution >= 0.6 is 0 Å². The fourth-order valence-electron chi connectivity index (χ4n) is 2.13. The topological polar surface area (TPSA) is 77.5 Å². The summed E-state index contributed by atoms with van der Waals surface area (Å²) in [5.41, 5.74) is 1.30. The Morgan fingerprint density at radius 2 is 2.04 bits per heavy atom. The van der Waals surface area contributed by atoms with Crippen LogP contribution in [0.3, 0.4) is 0 Å². The molecule has 124 valence electrons. The molecule has 6 nitrogen and oxygen atoms in total. The molecule has 0 fully saturated rings. The minimum atomic E-state index is -3.63. The van der Waals surface area contributed by atoms with Crippen LogP contribution in [0.4, 0.5) is 0 Å². The second kappa shape index (κ2) is 7.43. The van der Waals surface area contributed by atoms with Crippen LogP contribution in [0, 0.1) is 6.92 Å². The molecule has 23 heavy (non-hydrogen) atoms. The minimum Gasteiger partial charge on any atom is -0.497 e. The van der Waals surface area contributed by atoms with E-state index >= 15 is 0 Å². The van der Waals surface area contributed by atoms with Crippen LogP contribution in [0.2, 0.25) is 0 Å². The summed E-state index contributed by atoms with van der Waals surface area (Å²) in [6, 6.07) is 8.36. The summed E-state index contributed by atoms with van der Waals surface area (Å²) in [7, 11) is -2.09. The van der Waals surface area contributed by atoms with E-state index in [0.29, 0.717) is 29.4 Å². The maximum absolute atomic E-state index is 12.5. The van der Waals surface area contributed by atoms with Crippen LogP contribution in [0.15, 0.2) is 41.4 Å². The predicted molar refractivity (Wildman–Crippen MR) is 87.2 cm³/mol. The molecule has 1 aromatic heterocycles. The molecule has 2 rings (SSSR count). The van der Waals surface area contributed by atoms with Crippen molar-refractivity contribution in [2.45, 2.75) is 25.3 Å². The third-order valence-corrected chi connectivity index (χ3v) is 4.82. The number of methoxy groups -OCH3 is 1. The first-order valence-corrected chi connectivity index (χ1v) is 8.67. The zero-order valence-corrected chi connectivity index (χ0v) is 14.2. The van der Waals surface area contributed by atoms with Gasteiger partial charge in [-0.1, -0.05) is 6.07 Å². The number of nitrogens with zero attached hydrogens (tertiary/aromatic N) is 1. The molecule has 0 saturated heterocycles. The Morgan fingerprint density at radius 3 is 2.70 bits per heavy atom. The Balaban J connectivity index is 2.19. The minimum absolute atomic E-state index is 0.108. The van der Waals surface area contributed by atoms with Crippen molar-refractivity contribution >= 4 is 10.0 Å². The molecular formula is C16H20N2O4S. The molecule has 1 aromatic carbocycles. The number of hydrogen-bond acceptors (Lipinski definition) is 5. The summed E-state index contributed by atoms with van der Waals surface area (Å²) in [5.74, 6) is 1.05. The molecule has 0 spiro atoms. The summed E-state index contributed by atoms with van der Waals surface area (Å²) in [6.07, 6.45) is 1.61. The lowest BCUT2D eigenvalue weighted by Gasteiger charge is -2.12. The van der Waals surface area contributed by atoms with E-state index in [1.165, 1.54) is 6.07 Å². The number of pyridine rings is 1. The second-order valence-electron chi connectivity index (χ2n) is 4.86. The molecule has 7 heteroatoms. The first-order valence-electron chi connectivity index (χ1n) is 7.19. The van der Waals surface area contributed by atoms with Crippen LogP contribution < -0.4 is 14.2 Å². The van der Waals surface area contributed by atoms with Gasteiger partial charge in [-0.3, -0.25) is 0 Å². The molecule has 0 amide bonds. The Bertz CT molecular complexity index is 775. The number of aryl methyl sites for hydroxylation is 1. The molecule has 0 aliphatic heterocycles. The van der Waals surface area contributed by atoms with Crippen molar-refractivity contribution in [1.82, 2.24) is 9.71 Å². The van der Waals surface area contributed by atoms with Gasteiger partial charge in [0.2, 0.25) is 15.9 Å². The van der Waals surface area contributed by atoms with Crippen molar-refractivity contribution in [3.05, 3.63) is 47.7 Å². The number of sulfonamides is 1. The number of benzene rings is 1. The van der Waals surface area contributed by atoms with Gasteiger partial charge in [-0.2, -0.15) is 0 Å². The maximum Gasteiger partial charge on any atom is 0.241 e. The van der Waals surface area contributed by atoms with Gasteiger partial charge in [-0.15, -0.1) is 0 Å². The molecule has 0 aliphatic carbocycles. The summed E-state index contributed by atoms with van der Waals surface area (Å²) in [5, 5.41) is 0. The maximum atomic E-state index is 12.5. The van der Waals surface area contributed by atoms with E-state index in [2.05, 4.69) is 9.71 Å². The van der Waals surface area contributed by atoms with E-state index < -0.39 is 10.0 Å². The molecule has 1 heterocycles. The van der Waals surface area contributed by atoms with Gasteiger partial charge in [0.05, 0.1) is 18.6 Å². The average molecular weight is 336 g/mol. The molecule has 0 aliphatic rings. The van der Waals surface area contributed by atoms with Gasteiger partial charge in [0.15, 0.2) is 0 Å². The van der Waals surface area contributed by atoms with Crippen LogP contribution in [0.25, 0.3) is 0 Å². The van der Waals surface area contributed by atoms with Crippen molar-refractivity contribution in [2.75, 3.05) is 13.7 Å². The van der Waals surface area contributed by atoms with Gasteiger partial charge in [-0.25, -0.2) is 18.1 Å². The Kier molecular flexibility index (Phi) is 5.57. The zero-order valence-electron chi connectivity index (χ0n) is 13.4. The number of aromatic nitrogens is 1. The third kappa shape index (κ3) is 4.20. The summed E-state index contributed by atoms with van der Waals surface area (Å²) >= 11 is 0. The lowest BCUT2D eigenvalue weighted by Crippen LogP contribution is -2.24. The second-order valence-corrected chi connectivity index (χ2v) is 6.59. The first-order chi connectivity index (χ1) is 11.0. The Morgan fingerprint density at radius 1 is 1.26 bits per heavy atom. The molecule has 2 aromatic rings. The molecule has 0 saturated carbocycles. The molecule has 0 bridgehead atoms. The smallest absolute Gasteiger partial charge is 0.241 e. The zero-order chi connectivity index (χ0) is 16.9. The highest BCUT2D eigenvalue weighted by Gasteiger charge is 2.18. The van der Waals surface area contributed by atoms with Crippen molar-refractivity contribution in [3.63, 3.8) is 0 Å². The normalized spacial score (nSPS) is 11.3. The highest BCUT2D eigenvalue weighted by atomic mass is 32.2. The predicted octanol–water partition coefficient (Wildman–Crippen LogP) is 2.28. The van der Waals surface area contributed by atoms with E-state index in [0.717, 1.165) is 0 Å². The summed E-state index contributed by atoms with van der Waals surface area (Å²) < 4.78 is 38.0. The van der Waals surface area contributed by atoms with E-state index in [4.69, 9.17) is 9.47 Å². The molecule has 1 N–H and O–H groups in total. The van der Waals surface area contributed by atoms with Gasteiger partial charge in [0.1, 0.15) is 5.75 Å². The quantitative estimate of drug-likeness (QED) is 0.839. The van der Waals surface area contributed by atoms with Crippen molar-refractivity contribution in [3.8, 4) is 11.6 Å². The Hall–Kier alpha value is -2.12. The van der Waals surface area contributed by atoms with E-state index in [9.17, 15) is 8.42 Å². The highest BCUT2D eigenvalue weighted by Crippen LogP contribution is 2.21. The number of nitrogens with one attached hydrogen (secondary N) is 1. The van der Waals surface area contributed by atoms with Crippen molar-refractivity contribution in [1.29, 1.82) is 0 Å². The monoisotopic (exact) mass is 336 g/mol. The van der Waals surface area contributed by atoms with Crippen molar-refractivity contribution in [2.24, 2.45) is 0 Å². The van der Waals surface area contributed by atoms with Gasteiger partial charge in [-0.05, 0) is 43.7 Å². The summed E-state index contributed by atoms with van der Waals surface area (Å²) in [6.45, 7) is 4.15. The average Bonchev–Trinajstić information content (AvgIpc) is 2.54. The summed E-state index contributed by atoms with van der Waals surface area (Å²) in [4.78, 5) is 4.33.